The van der Waals surface area contributed by atoms with E-state index in [9.17, 15) is 13.2 Å². The summed E-state index contributed by atoms with van der Waals surface area (Å²) in [5.74, 6) is 0. The number of hydrogen-bond donors (Lipinski definition) is 1. The average molecular weight is 494 g/mol. The molecule has 0 saturated carbocycles. The van der Waals surface area contributed by atoms with Gasteiger partial charge < -0.3 is 4.90 Å². The van der Waals surface area contributed by atoms with Gasteiger partial charge in [-0.1, -0.05) is 47.9 Å². The standard InChI is InChI=1S/C23H28ClN3O3S2/c24-19-8-6-18(7-9-19)17-27-21-11-10-20(16-22(21)31-23(27)28)32(29,30)25-12-5-15-26-13-3-1-2-4-14-26/h6-11,16,25H,1-5,12-15,17H2. The molecule has 1 aromatic heterocycles. The smallest absolute Gasteiger partial charge is 0.303 e. The van der Waals surface area contributed by atoms with Crippen molar-refractivity contribution in [1.29, 1.82) is 0 Å². The first-order valence-electron chi connectivity index (χ1n) is 11.0. The lowest BCUT2D eigenvalue weighted by Gasteiger charge is -2.19. The van der Waals surface area contributed by atoms with E-state index in [1.165, 1.54) is 25.7 Å². The van der Waals surface area contributed by atoms with Gasteiger partial charge in [0.05, 0.1) is 21.7 Å². The minimum Gasteiger partial charge on any atom is -0.303 e. The molecule has 1 saturated heterocycles. The van der Waals surface area contributed by atoms with Crippen molar-refractivity contribution in [3.63, 3.8) is 0 Å². The number of aromatic nitrogens is 1. The number of nitrogens with zero attached hydrogens (tertiary/aromatic N) is 2. The molecule has 32 heavy (non-hydrogen) atoms. The molecule has 3 aromatic rings. The van der Waals surface area contributed by atoms with Gasteiger partial charge in [-0.15, -0.1) is 0 Å². The average Bonchev–Trinajstić information content (AvgIpc) is 2.93. The Hall–Kier alpha value is -1.71. The van der Waals surface area contributed by atoms with Gasteiger partial charge in [-0.2, -0.15) is 0 Å². The van der Waals surface area contributed by atoms with Gasteiger partial charge in [0.1, 0.15) is 0 Å². The van der Waals surface area contributed by atoms with Gasteiger partial charge >= 0.3 is 4.87 Å². The molecule has 0 bridgehead atoms. The van der Waals surface area contributed by atoms with Crippen LogP contribution in [0.4, 0.5) is 0 Å². The van der Waals surface area contributed by atoms with Crippen LogP contribution in [0.5, 0.6) is 0 Å². The summed E-state index contributed by atoms with van der Waals surface area (Å²) in [4.78, 5) is 15.0. The van der Waals surface area contributed by atoms with Crippen molar-refractivity contribution in [2.24, 2.45) is 0 Å². The Morgan fingerprint density at radius 2 is 1.72 bits per heavy atom. The van der Waals surface area contributed by atoms with Crippen LogP contribution in [-0.4, -0.2) is 44.1 Å². The topological polar surface area (TPSA) is 71.4 Å². The largest absolute Gasteiger partial charge is 0.308 e. The van der Waals surface area contributed by atoms with Gasteiger partial charge in [0.2, 0.25) is 10.0 Å². The predicted molar refractivity (Wildman–Crippen MR) is 131 cm³/mol. The fourth-order valence-electron chi connectivity index (χ4n) is 4.09. The Bertz CT molecular complexity index is 1210. The minimum atomic E-state index is -3.62. The molecule has 0 aliphatic carbocycles. The van der Waals surface area contributed by atoms with Gasteiger partial charge in [-0.3, -0.25) is 9.36 Å². The SMILES string of the molecule is O=c1sc2cc(S(=O)(=O)NCCCN3CCCCCC3)ccc2n1Cc1ccc(Cl)cc1. The number of sulfonamides is 1. The van der Waals surface area contributed by atoms with Crippen molar-refractivity contribution < 1.29 is 8.42 Å². The summed E-state index contributed by atoms with van der Waals surface area (Å²) in [6.07, 6.45) is 5.82. The van der Waals surface area contributed by atoms with Crippen molar-refractivity contribution in [2.45, 2.75) is 43.5 Å². The normalized spacial score (nSPS) is 15.8. The Kier molecular flexibility index (Phi) is 7.68. The highest BCUT2D eigenvalue weighted by molar-refractivity contribution is 7.89. The molecule has 9 heteroatoms. The molecule has 0 atom stereocenters. The molecule has 1 aliphatic rings. The van der Waals surface area contributed by atoms with Crippen LogP contribution in [0, 0.1) is 0 Å². The summed E-state index contributed by atoms with van der Waals surface area (Å²) in [7, 11) is -3.62. The molecule has 172 valence electrons. The molecule has 0 amide bonds. The first-order chi connectivity index (χ1) is 15.4. The van der Waals surface area contributed by atoms with Crippen molar-refractivity contribution in [2.75, 3.05) is 26.2 Å². The number of nitrogens with one attached hydrogen (secondary N) is 1. The van der Waals surface area contributed by atoms with E-state index in [0.29, 0.717) is 22.8 Å². The number of rotatable bonds is 8. The van der Waals surface area contributed by atoms with Gasteiger partial charge in [0, 0.05) is 11.6 Å². The summed E-state index contributed by atoms with van der Waals surface area (Å²) in [6, 6.07) is 12.2. The van der Waals surface area contributed by atoms with Crippen molar-refractivity contribution in [1.82, 2.24) is 14.2 Å². The fourth-order valence-corrected chi connectivity index (χ4v) is 6.32. The maximum absolute atomic E-state index is 12.8. The highest BCUT2D eigenvalue weighted by Crippen LogP contribution is 2.23. The van der Waals surface area contributed by atoms with Gasteiger partial charge in [-0.25, -0.2) is 13.1 Å². The summed E-state index contributed by atoms with van der Waals surface area (Å²) in [6.45, 7) is 3.95. The molecule has 6 nitrogen and oxygen atoms in total. The summed E-state index contributed by atoms with van der Waals surface area (Å²) < 4.78 is 30.6. The van der Waals surface area contributed by atoms with Gasteiger partial charge in [-0.05, 0) is 74.8 Å². The van der Waals surface area contributed by atoms with Crippen LogP contribution in [0.25, 0.3) is 10.2 Å². The maximum Gasteiger partial charge on any atom is 0.308 e. The van der Waals surface area contributed by atoms with E-state index in [1.807, 2.05) is 12.1 Å². The zero-order valence-electron chi connectivity index (χ0n) is 17.9. The second kappa shape index (κ2) is 10.5. The third-order valence-corrected chi connectivity index (χ3v) is 8.50. The molecule has 1 aliphatic heterocycles. The molecular weight excluding hydrogens is 466 g/mol. The molecule has 2 aromatic carbocycles. The van der Waals surface area contributed by atoms with Crippen LogP contribution in [-0.2, 0) is 16.6 Å². The molecule has 0 spiro atoms. The second-order valence-corrected chi connectivity index (χ2v) is 11.4. The number of halogens is 1. The van der Waals surface area contributed by atoms with Crippen molar-refractivity contribution in [3.8, 4) is 0 Å². The van der Waals surface area contributed by atoms with Crippen molar-refractivity contribution in [3.05, 3.63) is 62.7 Å². The first-order valence-corrected chi connectivity index (χ1v) is 13.7. The third-order valence-electron chi connectivity index (χ3n) is 5.85. The van der Waals surface area contributed by atoms with E-state index in [0.717, 1.165) is 48.5 Å². The Morgan fingerprint density at radius 1 is 1.00 bits per heavy atom. The number of hydrogen-bond acceptors (Lipinski definition) is 5. The fraction of sp³-hybridized carbons (Fsp3) is 0.435. The van der Waals surface area contributed by atoms with E-state index in [4.69, 9.17) is 11.6 Å². The second-order valence-electron chi connectivity index (χ2n) is 8.22. The van der Waals surface area contributed by atoms with E-state index < -0.39 is 10.0 Å². The van der Waals surface area contributed by atoms with Crippen LogP contribution in [0.2, 0.25) is 5.02 Å². The zero-order valence-corrected chi connectivity index (χ0v) is 20.3. The minimum absolute atomic E-state index is 0.116. The molecule has 4 rings (SSSR count). The third kappa shape index (κ3) is 5.80. The van der Waals surface area contributed by atoms with E-state index in [1.54, 1.807) is 34.9 Å². The Balaban J connectivity index is 1.42. The van der Waals surface area contributed by atoms with Crippen LogP contribution >= 0.6 is 22.9 Å². The van der Waals surface area contributed by atoms with Crippen molar-refractivity contribution >= 4 is 43.2 Å². The number of thiazole rings is 1. The summed E-state index contributed by atoms with van der Waals surface area (Å²) in [5.41, 5.74) is 1.69. The highest BCUT2D eigenvalue weighted by atomic mass is 35.5. The van der Waals surface area contributed by atoms with E-state index in [-0.39, 0.29) is 9.77 Å². The highest BCUT2D eigenvalue weighted by Gasteiger charge is 2.17. The molecule has 2 heterocycles. The van der Waals surface area contributed by atoms with Crippen LogP contribution in [0.1, 0.15) is 37.7 Å². The molecule has 0 radical (unpaired) electrons. The number of fused-ring (bicyclic) bond motifs is 1. The lowest BCUT2D eigenvalue weighted by atomic mass is 10.2. The lowest BCUT2D eigenvalue weighted by Crippen LogP contribution is -2.30. The lowest BCUT2D eigenvalue weighted by molar-refractivity contribution is 0.282. The molecule has 0 unspecified atom stereocenters. The number of likely N-dealkylation sites (tertiary alicyclic amines) is 1. The summed E-state index contributed by atoms with van der Waals surface area (Å²) >= 11 is 7.00. The zero-order chi connectivity index (χ0) is 22.6. The molecule has 1 N–H and O–H groups in total. The van der Waals surface area contributed by atoms with Crippen LogP contribution in [0.15, 0.2) is 52.2 Å². The van der Waals surface area contributed by atoms with Gasteiger partial charge in [0.25, 0.3) is 0 Å². The number of benzene rings is 2. The maximum atomic E-state index is 12.8. The van der Waals surface area contributed by atoms with E-state index >= 15 is 0 Å². The van der Waals surface area contributed by atoms with E-state index in [2.05, 4.69) is 9.62 Å². The molecule has 1 fully saturated rings. The monoisotopic (exact) mass is 493 g/mol. The first kappa shape index (κ1) is 23.4. The predicted octanol–water partition coefficient (Wildman–Crippen LogP) is 4.31. The quantitative estimate of drug-likeness (QED) is 0.475. The Labute approximate surface area is 197 Å². The summed E-state index contributed by atoms with van der Waals surface area (Å²) in [5, 5.41) is 0.644. The van der Waals surface area contributed by atoms with Gasteiger partial charge in [0.15, 0.2) is 0 Å². The van der Waals surface area contributed by atoms with Crippen LogP contribution in [0.3, 0.4) is 0 Å². The molecular formula is C23H28ClN3O3S2. The van der Waals surface area contributed by atoms with Crippen LogP contribution < -0.4 is 9.60 Å². The Morgan fingerprint density at radius 3 is 2.44 bits per heavy atom.